The Morgan fingerprint density at radius 3 is 2.81 bits per heavy atom. The molecule has 1 atom stereocenters. The Kier molecular flexibility index (Phi) is 4.78. The summed E-state index contributed by atoms with van der Waals surface area (Å²) in [6.45, 7) is 12.8. The van der Waals surface area contributed by atoms with Crippen LogP contribution in [0.25, 0.3) is 0 Å². The zero-order valence-electron chi connectivity index (χ0n) is 11.1. The van der Waals surface area contributed by atoms with E-state index in [1.54, 1.807) is 0 Å². The van der Waals surface area contributed by atoms with Gasteiger partial charge in [-0.05, 0) is 31.3 Å². The van der Waals surface area contributed by atoms with Crippen molar-refractivity contribution < 1.29 is 0 Å². The van der Waals surface area contributed by atoms with Crippen molar-refractivity contribution >= 4 is 5.71 Å². The van der Waals surface area contributed by atoms with Crippen molar-refractivity contribution in [2.24, 2.45) is 10.9 Å². The zero-order chi connectivity index (χ0) is 12.1. The number of likely N-dealkylation sites (tertiary alicyclic amines) is 1. The summed E-state index contributed by atoms with van der Waals surface area (Å²) in [6.07, 6.45) is 4.44. The van der Waals surface area contributed by atoms with Crippen molar-refractivity contribution in [1.29, 1.82) is 0 Å². The van der Waals surface area contributed by atoms with Gasteiger partial charge in [0.05, 0.1) is 12.3 Å². The van der Waals surface area contributed by atoms with Gasteiger partial charge in [-0.3, -0.25) is 4.99 Å². The van der Waals surface area contributed by atoms with Gasteiger partial charge in [0, 0.05) is 19.3 Å². The molecule has 0 saturated carbocycles. The Labute approximate surface area is 99.8 Å². The number of aliphatic imine (C=N–C) groups is 1. The summed E-state index contributed by atoms with van der Waals surface area (Å²) in [5.74, 6) is 0.574. The van der Waals surface area contributed by atoms with E-state index in [0.717, 1.165) is 25.9 Å². The Bertz CT molecular complexity index is 313. The van der Waals surface area contributed by atoms with E-state index in [0.29, 0.717) is 5.92 Å². The summed E-state index contributed by atoms with van der Waals surface area (Å²) in [4.78, 5) is 6.76. The maximum absolute atomic E-state index is 4.38. The van der Waals surface area contributed by atoms with Crippen LogP contribution >= 0.6 is 0 Å². The molecule has 1 aliphatic rings. The third-order valence-electron chi connectivity index (χ3n) is 3.57. The zero-order valence-corrected chi connectivity index (χ0v) is 11.1. The molecular formula is C14H24N2. The fraction of sp³-hybridized carbons (Fsp3) is 0.643. The first-order valence-electron chi connectivity index (χ1n) is 6.18. The molecule has 0 aromatic carbocycles. The lowest BCUT2D eigenvalue weighted by Crippen LogP contribution is -2.37. The number of rotatable bonds is 3. The molecule has 1 saturated heterocycles. The average Bonchev–Trinajstić information content (AvgIpc) is 2.35. The maximum Gasteiger partial charge on any atom is 0.0597 e. The van der Waals surface area contributed by atoms with Gasteiger partial charge in [-0.2, -0.15) is 0 Å². The molecule has 1 unspecified atom stereocenters. The fourth-order valence-electron chi connectivity index (χ4n) is 2.08. The van der Waals surface area contributed by atoms with Crippen molar-refractivity contribution in [3.63, 3.8) is 0 Å². The SMILES string of the molecule is C=C(C(C)CC)N1CC/C(=C/C)C(=NC)C1. The van der Waals surface area contributed by atoms with Crippen LogP contribution in [0.5, 0.6) is 0 Å². The van der Waals surface area contributed by atoms with Crippen LogP contribution in [0.15, 0.2) is 28.9 Å². The third kappa shape index (κ3) is 2.75. The summed E-state index contributed by atoms with van der Waals surface area (Å²) in [6, 6.07) is 0. The largest absolute Gasteiger partial charge is 0.369 e. The van der Waals surface area contributed by atoms with E-state index in [2.05, 4.69) is 43.3 Å². The van der Waals surface area contributed by atoms with Crippen LogP contribution in [0.1, 0.15) is 33.6 Å². The Morgan fingerprint density at radius 2 is 2.31 bits per heavy atom. The van der Waals surface area contributed by atoms with Crippen LogP contribution in [0.2, 0.25) is 0 Å². The molecule has 16 heavy (non-hydrogen) atoms. The molecule has 2 nitrogen and oxygen atoms in total. The molecule has 0 spiro atoms. The first kappa shape index (κ1) is 13.0. The van der Waals surface area contributed by atoms with Gasteiger partial charge in [-0.15, -0.1) is 0 Å². The fourth-order valence-corrected chi connectivity index (χ4v) is 2.08. The number of piperidine rings is 1. The van der Waals surface area contributed by atoms with Gasteiger partial charge in [0.1, 0.15) is 0 Å². The van der Waals surface area contributed by atoms with E-state index in [1.165, 1.54) is 17.0 Å². The van der Waals surface area contributed by atoms with Gasteiger partial charge < -0.3 is 4.90 Å². The smallest absolute Gasteiger partial charge is 0.0597 e. The topological polar surface area (TPSA) is 15.6 Å². The highest BCUT2D eigenvalue weighted by atomic mass is 15.2. The number of nitrogens with zero attached hydrogens (tertiary/aromatic N) is 2. The predicted octanol–water partition coefficient (Wildman–Crippen LogP) is 3.27. The monoisotopic (exact) mass is 220 g/mol. The highest BCUT2D eigenvalue weighted by Gasteiger charge is 2.21. The second kappa shape index (κ2) is 5.88. The standard InChI is InChI=1S/C14H24N2/c1-6-11(3)12(4)16-9-8-13(7-2)14(10-16)15-5/h7,11H,4,6,8-10H2,1-3,5H3/b13-7-,15-14?. The van der Waals surface area contributed by atoms with Crippen molar-refractivity contribution in [3.05, 3.63) is 23.9 Å². The highest BCUT2D eigenvalue weighted by Crippen LogP contribution is 2.22. The molecule has 2 heteroatoms. The second-order valence-corrected chi connectivity index (χ2v) is 4.46. The lowest BCUT2D eigenvalue weighted by molar-refractivity contribution is 0.336. The van der Waals surface area contributed by atoms with Gasteiger partial charge in [0.2, 0.25) is 0 Å². The maximum atomic E-state index is 4.38. The van der Waals surface area contributed by atoms with Gasteiger partial charge in [0.25, 0.3) is 0 Å². The number of hydrogen-bond acceptors (Lipinski definition) is 2. The van der Waals surface area contributed by atoms with E-state index in [9.17, 15) is 0 Å². The summed E-state index contributed by atoms with van der Waals surface area (Å²) in [7, 11) is 1.88. The molecule has 1 rings (SSSR count). The van der Waals surface area contributed by atoms with Crippen molar-refractivity contribution in [1.82, 2.24) is 4.90 Å². The van der Waals surface area contributed by atoms with Gasteiger partial charge in [-0.1, -0.05) is 26.5 Å². The van der Waals surface area contributed by atoms with E-state index in [4.69, 9.17) is 0 Å². The van der Waals surface area contributed by atoms with Gasteiger partial charge in [0.15, 0.2) is 0 Å². The highest BCUT2D eigenvalue weighted by molar-refractivity contribution is 6.02. The molecule has 0 N–H and O–H groups in total. The average molecular weight is 220 g/mol. The number of hydrogen-bond donors (Lipinski definition) is 0. The van der Waals surface area contributed by atoms with Crippen LogP contribution < -0.4 is 0 Å². The second-order valence-electron chi connectivity index (χ2n) is 4.46. The first-order chi connectivity index (χ1) is 7.63. The molecule has 0 radical (unpaired) electrons. The lowest BCUT2D eigenvalue weighted by atomic mass is 9.98. The van der Waals surface area contributed by atoms with E-state index < -0.39 is 0 Å². The van der Waals surface area contributed by atoms with Crippen LogP contribution in [0.3, 0.4) is 0 Å². The van der Waals surface area contributed by atoms with E-state index >= 15 is 0 Å². The molecule has 0 aromatic heterocycles. The van der Waals surface area contributed by atoms with E-state index in [1.807, 2.05) is 7.05 Å². The lowest BCUT2D eigenvalue weighted by Gasteiger charge is -2.35. The van der Waals surface area contributed by atoms with Crippen LogP contribution in [-0.2, 0) is 0 Å². The molecule has 0 amide bonds. The summed E-state index contributed by atoms with van der Waals surface area (Å²) in [5.41, 5.74) is 3.88. The first-order valence-corrected chi connectivity index (χ1v) is 6.18. The third-order valence-corrected chi connectivity index (χ3v) is 3.57. The molecule has 1 aliphatic heterocycles. The summed E-state index contributed by atoms with van der Waals surface area (Å²) >= 11 is 0. The summed E-state index contributed by atoms with van der Waals surface area (Å²) < 4.78 is 0. The van der Waals surface area contributed by atoms with Crippen LogP contribution in [-0.4, -0.2) is 30.7 Å². The number of allylic oxidation sites excluding steroid dienone is 2. The van der Waals surface area contributed by atoms with Crippen molar-refractivity contribution in [2.75, 3.05) is 20.1 Å². The Balaban J connectivity index is 2.72. The van der Waals surface area contributed by atoms with Gasteiger partial charge >= 0.3 is 0 Å². The van der Waals surface area contributed by atoms with E-state index in [-0.39, 0.29) is 0 Å². The minimum atomic E-state index is 0.574. The molecule has 0 aromatic rings. The minimum absolute atomic E-state index is 0.574. The van der Waals surface area contributed by atoms with Crippen molar-refractivity contribution in [3.8, 4) is 0 Å². The molecule has 1 heterocycles. The molecular weight excluding hydrogens is 196 g/mol. The Morgan fingerprint density at radius 1 is 1.62 bits per heavy atom. The normalized spacial score (nSPS) is 23.9. The quantitative estimate of drug-likeness (QED) is 0.712. The van der Waals surface area contributed by atoms with Crippen LogP contribution in [0, 0.1) is 5.92 Å². The molecule has 0 bridgehead atoms. The molecule has 0 aliphatic carbocycles. The van der Waals surface area contributed by atoms with Crippen LogP contribution in [0.4, 0.5) is 0 Å². The minimum Gasteiger partial charge on any atom is -0.369 e. The van der Waals surface area contributed by atoms with Crippen molar-refractivity contribution in [2.45, 2.75) is 33.6 Å². The molecule has 90 valence electrons. The summed E-state index contributed by atoms with van der Waals surface area (Å²) in [5, 5.41) is 0. The molecule has 1 fully saturated rings. The van der Waals surface area contributed by atoms with Gasteiger partial charge in [-0.25, -0.2) is 0 Å². The Hall–Kier alpha value is -1.05. The predicted molar refractivity (Wildman–Crippen MR) is 71.9 cm³/mol.